The molecule has 0 unspecified atom stereocenters. The highest BCUT2D eigenvalue weighted by atomic mass is 16.2. The third kappa shape index (κ3) is 4.20. The zero-order valence-electron chi connectivity index (χ0n) is 12.9. The minimum absolute atomic E-state index is 0.375. The molecule has 2 heterocycles. The van der Waals surface area contributed by atoms with Gasteiger partial charge in [0.15, 0.2) is 0 Å². The summed E-state index contributed by atoms with van der Waals surface area (Å²) in [7, 11) is 0. The average Bonchev–Trinajstić information content (AvgIpc) is 2.86. The lowest BCUT2D eigenvalue weighted by atomic mass is 9.95. The highest BCUT2D eigenvalue weighted by Crippen LogP contribution is 2.23. The molecule has 19 heavy (non-hydrogen) atoms. The van der Waals surface area contributed by atoms with E-state index in [4.69, 9.17) is 0 Å². The first kappa shape index (κ1) is 14.8. The molecule has 0 aliphatic carbocycles. The molecule has 1 atom stereocenters. The Morgan fingerprint density at radius 1 is 1.16 bits per heavy atom. The number of amides is 1. The summed E-state index contributed by atoms with van der Waals surface area (Å²) in [5, 5.41) is 0. The van der Waals surface area contributed by atoms with E-state index in [0.29, 0.717) is 5.91 Å². The van der Waals surface area contributed by atoms with Gasteiger partial charge < -0.3 is 9.80 Å². The standard InChI is InChI=1S/C16H30N2O/c1-13(2)15-6-8-17(12-15)9-7-16(19)18-10-4-14(3)5-11-18/h13-15H,4-12H2,1-3H3/t15-/m0/s1. The third-order valence-corrected chi connectivity index (χ3v) is 5.03. The summed E-state index contributed by atoms with van der Waals surface area (Å²) >= 11 is 0. The van der Waals surface area contributed by atoms with Gasteiger partial charge in [-0.3, -0.25) is 4.79 Å². The Morgan fingerprint density at radius 2 is 1.84 bits per heavy atom. The van der Waals surface area contributed by atoms with E-state index in [1.54, 1.807) is 0 Å². The molecule has 0 spiro atoms. The SMILES string of the molecule is CC1CCN(C(=O)CCN2CC[C@H](C(C)C)C2)CC1. The van der Waals surface area contributed by atoms with E-state index in [9.17, 15) is 4.79 Å². The van der Waals surface area contributed by atoms with Crippen LogP contribution in [-0.2, 0) is 4.79 Å². The number of likely N-dealkylation sites (tertiary alicyclic amines) is 2. The Balaban J connectivity index is 1.67. The van der Waals surface area contributed by atoms with Crippen LogP contribution in [0.5, 0.6) is 0 Å². The monoisotopic (exact) mass is 266 g/mol. The third-order valence-electron chi connectivity index (χ3n) is 5.03. The molecule has 3 heteroatoms. The second kappa shape index (κ2) is 6.74. The van der Waals surface area contributed by atoms with Gasteiger partial charge in [0.2, 0.25) is 5.91 Å². The quantitative estimate of drug-likeness (QED) is 0.781. The Bertz CT molecular complexity index is 295. The molecule has 0 saturated carbocycles. The Hall–Kier alpha value is -0.570. The van der Waals surface area contributed by atoms with Gasteiger partial charge in [-0.15, -0.1) is 0 Å². The lowest BCUT2D eigenvalue weighted by molar-refractivity contribution is -0.132. The van der Waals surface area contributed by atoms with E-state index in [-0.39, 0.29) is 0 Å². The van der Waals surface area contributed by atoms with Crippen molar-refractivity contribution in [3.8, 4) is 0 Å². The summed E-state index contributed by atoms with van der Waals surface area (Å²) in [5.41, 5.74) is 0. The molecule has 2 aliphatic rings. The van der Waals surface area contributed by atoms with E-state index in [1.807, 2.05) is 0 Å². The van der Waals surface area contributed by atoms with Crippen LogP contribution in [0.2, 0.25) is 0 Å². The molecule has 3 nitrogen and oxygen atoms in total. The van der Waals surface area contributed by atoms with Gasteiger partial charge in [-0.25, -0.2) is 0 Å². The molecule has 0 aromatic rings. The van der Waals surface area contributed by atoms with Crippen LogP contribution in [0.1, 0.15) is 46.5 Å². The molecule has 0 bridgehead atoms. The summed E-state index contributed by atoms with van der Waals surface area (Å²) in [6.07, 6.45) is 4.40. The van der Waals surface area contributed by atoms with Gasteiger partial charge in [0.25, 0.3) is 0 Å². The summed E-state index contributed by atoms with van der Waals surface area (Å²) in [6, 6.07) is 0. The Labute approximate surface area is 118 Å². The second-order valence-electron chi connectivity index (χ2n) is 6.91. The van der Waals surface area contributed by atoms with Crippen molar-refractivity contribution < 1.29 is 4.79 Å². The molecule has 0 aromatic carbocycles. The zero-order valence-corrected chi connectivity index (χ0v) is 12.9. The smallest absolute Gasteiger partial charge is 0.223 e. The molecule has 1 amide bonds. The first-order chi connectivity index (χ1) is 9.06. The van der Waals surface area contributed by atoms with Crippen molar-refractivity contribution in [3.05, 3.63) is 0 Å². The second-order valence-corrected chi connectivity index (χ2v) is 6.91. The van der Waals surface area contributed by atoms with Gasteiger partial charge in [0.05, 0.1) is 0 Å². The van der Waals surface area contributed by atoms with Gasteiger partial charge in [0.1, 0.15) is 0 Å². The minimum Gasteiger partial charge on any atom is -0.343 e. The first-order valence-electron chi connectivity index (χ1n) is 8.06. The molecular formula is C16H30N2O. The van der Waals surface area contributed by atoms with Crippen molar-refractivity contribution in [2.45, 2.75) is 46.5 Å². The van der Waals surface area contributed by atoms with Crippen LogP contribution in [0.15, 0.2) is 0 Å². The van der Waals surface area contributed by atoms with Crippen LogP contribution < -0.4 is 0 Å². The number of nitrogens with zero attached hydrogens (tertiary/aromatic N) is 2. The predicted molar refractivity (Wildman–Crippen MR) is 79.0 cm³/mol. The molecule has 2 aliphatic heterocycles. The van der Waals surface area contributed by atoms with Crippen molar-refractivity contribution in [3.63, 3.8) is 0 Å². The largest absolute Gasteiger partial charge is 0.343 e. The number of carbonyl (C=O) groups is 1. The lowest BCUT2D eigenvalue weighted by Gasteiger charge is -2.31. The molecule has 2 rings (SSSR count). The number of rotatable bonds is 4. The van der Waals surface area contributed by atoms with E-state index in [2.05, 4.69) is 30.6 Å². The molecule has 0 aromatic heterocycles. The van der Waals surface area contributed by atoms with Crippen LogP contribution in [0.4, 0.5) is 0 Å². The fraction of sp³-hybridized carbons (Fsp3) is 0.938. The molecule has 2 saturated heterocycles. The van der Waals surface area contributed by atoms with Crippen molar-refractivity contribution in [2.24, 2.45) is 17.8 Å². The Morgan fingerprint density at radius 3 is 2.42 bits per heavy atom. The molecule has 2 fully saturated rings. The van der Waals surface area contributed by atoms with E-state index < -0.39 is 0 Å². The molecule has 0 N–H and O–H groups in total. The minimum atomic E-state index is 0.375. The van der Waals surface area contributed by atoms with Crippen LogP contribution in [0, 0.1) is 17.8 Å². The van der Waals surface area contributed by atoms with Crippen LogP contribution >= 0.6 is 0 Å². The number of carbonyl (C=O) groups excluding carboxylic acids is 1. The van der Waals surface area contributed by atoms with Gasteiger partial charge >= 0.3 is 0 Å². The fourth-order valence-electron chi connectivity index (χ4n) is 3.28. The fourth-order valence-corrected chi connectivity index (χ4v) is 3.28. The normalized spacial score (nSPS) is 26.3. The van der Waals surface area contributed by atoms with Crippen LogP contribution in [0.25, 0.3) is 0 Å². The maximum atomic E-state index is 12.2. The van der Waals surface area contributed by atoms with Crippen molar-refractivity contribution in [1.82, 2.24) is 9.80 Å². The highest BCUT2D eigenvalue weighted by Gasteiger charge is 2.26. The lowest BCUT2D eigenvalue weighted by Crippen LogP contribution is -2.39. The van der Waals surface area contributed by atoms with Crippen LogP contribution in [0.3, 0.4) is 0 Å². The molecule has 110 valence electrons. The number of hydrogen-bond donors (Lipinski definition) is 0. The average molecular weight is 266 g/mol. The molecular weight excluding hydrogens is 236 g/mol. The van der Waals surface area contributed by atoms with Gasteiger partial charge in [-0.2, -0.15) is 0 Å². The van der Waals surface area contributed by atoms with Crippen molar-refractivity contribution in [2.75, 3.05) is 32.7 Å². The summed E-state index contributed by atoms with van der Waals surface area (Å²) in [6.45, 7) is 12.2. The summed E-state index contributed by atoms with van der Waals surface area (Å²) in [5.74, 6) is 2.80. The maximum Gasteiger partial charge on any atom is 0.223 e. The number of hydrogen-bond acceptors (Lipinski definition) is 2. The van der Waals surface area contributed by atoms with Gasteiger partial charge in [0, 0.05) is 32.6 Å². The Kier molecular flexibility index (Phi) is 5.26. The summed E-state index contributed by atoms with van der Waals surface area (Å²) < 4.78 is 0. The van der Waals surface area contributed by atoms with Gasteiger partial charge in [-0.05, 0) is 43.6 Å². The predicted octanol–water partition coefficient (Wildman–Crippen LogP) is 2.61. The highest BCUT2D eigenvalue weighted by molar-refractivity contribution is 5.76. The van der Waals surface area contributed by atoms with Crippen molar-refractivity contribution >= 4 is 5.91 Å². The maximum absolute atomic E-state index is 12.2. The first-order valence-corrected chi connectivity index (χ1v) is 8.06. The summed E-state index contributed by atoms with van der Waals surface area (Å²) in [4.78, 5) is 16.7. The zero-order chi connectivity index (χ0) is 13.8. The van der Waals surface area contributed by atoms with E-state index in [1.165, 1.54) is 32.4 Å². The molecule has 0 radical (unpaired) electrons. The van der Waals surface area contributed by atoms with Crippen LogP contribution in [-0.4, -0.2) is 48.4 Å². The van der Waals surface area contributed by atoms with Crippen molar-refractivity contribution in [1.29, 1.82) is 0 Å². The van der Waals surface area contributed by atoms with Gasteiger partial charge in [-0.1, -0.05) is 20.8 Å². The van der Waals surface area contributed by atoms with E-state index >= 15 is 0 Å². The number of piperidine rings is 1. The van der Waals surface area contributed by atoms with E-state index in [0.717, 1.165) is 43.8 Å². The topological polar surface area (TPSA) is 23.6 Å².